The third-order valence-electron chi connectivity index (χ3n) is 6.13. The first-order chi connectivity index (χ1) is 15.3. The number of ether oxygens (including phenoxy) is 1. The summed E-state index contributed by atoms with van der Waals surface area (Å²) in [6, 6.07) is 31.5. The first kappa shape index (κ1) is 19.8. The van der Waals surface area contributed by atoms with Crippen LogP contribution in [-0.2, 0) is 12.8 Å². The first-order valence-corrected chi connectivity index (χ1v) is 11.0. The van der Waals surface area contributed by atoms with Crippen LogP contribution in [0.1, 0.15) is 28.3 Å². The molecule has 1 unspecified atom stereocenters. The van der Waals surface area contributed by atoms with Crippen molar-refractivity contribution in [2.75, 3.05) is 13.2 Å². The molecule has 2 N–H and O–H groups in total. The fourth-order valence-electron chi connectivity index (χ4n) is 4.56. The third kappa shape index (κ3) is 4.20. The lowest BCUT2D eigenvalue weighted by Crippen LogP contribution is -2.34. The van der Waals surface area contributed by atoms with Gasteiger partial charge in [-0.3, -0.25) is 0 Å². The predicted molar refractivity (Wildman–Crippen MR) is 126 cm³/mol. The molecule has 0 heterocycles. The van der Waals surface area contributed by atoms with Gasteiger partial charge < -0.3 is 15.2 Å². The number of hydrogen-bond donors (Lipinski definition) is 2. The molecule has 31 heavy (non-hydrogen) atoms. The van der Waals surface area contributed by atoms with E-state index in [0.29, 0.717) is 6.54 Å². The Morgan fingerprint density at radius 1 is 0.774 bits per heavy atom. The van der Waals surface area contributed by atoms with Gasteiger partial charge in [-0.2, -0.15) is 0 Å². The molecule has 1 aliphatic rings. The summed E-state index contributed by atoms with van der Waals surface area (Å²) >= 11 is 0. The van der Waals surface area contributed by atoms with E-state index < -0.39 is 6.10 Å². The van der Waals surface area contributed by atoms with Gasteiger partial charge in [0.1, 0.15) is 18.5 Å². The van der Waals surface area contributed by atoms with Gasteiger partial charge in [0.2, 0.25) is 0 Å². The van der Waals surface area contributed by atoms with Crippen molar-refractivity contribution >= 4 is 10.8 Å². The van der Waals surface area contributed by atoms with Gasteiger partial charge in [0.25, 0.3) is 0 Å². The van der Waals surface area contributed by atoms with E-state index in [1.165, 1.54) is 22.3 Å². The average Bonchev–Trinajstić information content (AvgIpc) is 2.98. The maximum Gasteiger partial charge on any atom is 0.127 e. The second-order valence-corrected chi connectivity index (χ2v) is 8.18. The lowest BCUT2D eigenvalue weighted by molar-refractivity contribution is 0.105. The molecular formula is C28H27NO2. The highest BCUT2D eigenvalue weighted by atomic mass is 16.5. The minimum absolute atomic E-state index is 0.0714. The maximum atomic E-state index is 10.7. The lowest BCUT2D eigenvalue weighted by atomic mass is 9.94. The Hall–Kier alpha value is -3.14. The summed E-state index contributed by atoms with van der Waals surface area (Å²) < 4.78 is 5.99. The topological polar surface area (TPSA) is 41.5 Å². The van der Waals surface area contributed by atoms with Crippen LogP contribution in [0.25, 0.3) is 10.8 Å². The van der Waals surface area contributed by atoms with Crippen molar-refractivity contribution in [3.05, 3.63) is 113 Å². The summed E-state index contributed by atoms with van der Waals surface area (Å²) in [7, 11) is 0. The number of aliphatic hydroxyl groups excluding tert-OH is 1. The van der Waals surface area contributed by atoms with Crippen LogP contribution in [0.3, 0.4) is 0 Å². The van der Waals surface area contributed by atoms with E-state index in [1.807, 2.05) is 24.3 Å². The number of rotatable bonds is 6. The fraction of sp³-hybridized carbons (Fsp3) is 0.214. The SMILES string of the molecule is OC(CNC1c2ccccc2CCc2ccccc21)COc1cccc2ccccc12. The zero-order valence-electron chi connectivity index (χ0n) is 17.5. The predicted octanol–water partition coefficient (Wildman–Crippen LogP) is 5.06. The molecule has 156 valence electrons. The molecule has 0 aliphatic heterocycles. The fourth-order valence-corrected chi connectivity index (χ4v) is 4.56. The van der Waals surface area contributed by atoms with E-state index in [9.17, 15) is 5.11 Å². The van der Waals surface area contributed by atoms with Crippen LogP contribution < -0.4 is 10.1 Å². The molecule has 0 bridgehead atoms. The molecule has 0 saturated heterocycles. The molecule has 4 aromatic carbocycles. The minimum atomic E-state index is -0.610. The van der Waals surface area contributed by atoms with Gasteiger partial charge in [-0.15, -0.1) is 0 Å². The van der Waals surface area contributed by atoms with Gasteiger partial charge >= 0.3 is 0 Å². The highest BCUT2D eigenvalue weighted by Crippen LogP contribution is 2.32. The van der Waals surface area contributed by atoms with Crippen LogP contribution >= 0.6 is 0 Å². The van der Waals surface area contributed by atoms with Crippen molar-refractivity contribution < 1.29 is 9.84 Å². The van der Waals surface area contributed by atoms with Crippen LogP contribution in [0, 0.1) is 0 Å². The summed E-state index contributed by atoms with van der Waals surface area (Å²) in [6.45, 7) is 0.703. The Morgan fingerprint density at radius 2 is 1.39 bits per heavy atom. The monoisotopic (exact) mass is 409 g/mol. The van der Waals surface area contributed by atoms with Crippen LogP contribution in [0.15, 0.2) is 91.0 Å². The maximum absolute atomic E-state index is 10.7. The Kier molecular flexibility index (Phi) is 5.70. The molecule has 1 atom stereocenters. The van der Waals surface area contributed by atoms with E-state index in [1.54, 1.807) is 0 Å². The quantitative estimate of drug-likeness (QED) is 0.468. The van der Waals surface area contributed by atoms with Crippen molar-refractivity contribution in [3.8, 4) is 5.75 Å². The van der Waals surface area contributed by atoms with Crippen LogP contribution in [0.4, 0.5) is 0 Å². The number of aliphatic hydroxyl groups is 1. The molecular weight excluding hydrogens is 382 g/mol. The highest BCUT2D eigenvalue weighted by Gasteiger charge is 2.23. The number of fused-ring (bicyclic) bond motifs is 3. The molecule has 0 amide bonds. The second kappa shape index (κ2) is 8.93. The molecule has 4 aromatic rings. The molecule has 0 radical (unpaired) electrons. The molecule has 0 fully saturated rings. The first-order valence-electron chi connectivity index (χ1n) is 11.0. The Labute approximate surface area is 183 Å². The van der Waals surface area contributed by atoms with E-state index in [2.05, 4.69) is 72.0 Å². The van der Waals surface area contributed by atoms with Gasteiger partial charge in [-0.05, 0) is 46.5 Å². The van der Waals surface area contributed by atoms with Crippen molar-refractivity contribution in [1.29, 1.82) is 0 Å². The van der Waals surface area contributed by atoms with Gasteiger partial charge in [0, 0.05) is 11.9 Å². The Balaban J connectivity index is 1.30. The number of aryl methyl sites for hydroxylation is 2. The van der Waals surface area contributed by atoms with Gasteiger partial charge in [0.15, 0.2) is 0 Å². The summed E-state index contributed by atoms with van der Waals surface area (Å²) in [5.41, 5.74) is 5.35. The van der Waals surface area contributed by atoms with Gasteiger partial charge in [0.05, 0.1) is 6.04 Å². The van der Waals surface area contributed by atoms with Crippen molar-refractivity contribution in [3.63, 3.8) is 0 Å². The standard InChI is InChI=1S/C28H27NO2/c30-23(19-31-27-15-7-11-20-8-1-4-12-24(20)27)18-29-28-25-13-5-2-9-21(25)16-17-22-10-3-6-14-26(22)28/h1-15,23,28-30H,16-19H2. The van der Waals surface area contributed by atoms with Crippen molar-refractivity contribution in [2.24, 2.45) is 0 Å². The van der Waals surface area contributed by atoms with Crippen molar-refractivity contribution in [1.82, 2.24) is 5.32 Å². The van der Waals surface area contributed by atoms with Gasteiger partial charge in [-0.25, -0.2) is 0 Å². The Bertz CT molecular complexity index is 1130. The molecule has 0 aromatic heterocycles. The zero-order valence-corrected chi connectivity index (χ0v) is 17.5. The minimum Gasteiger partial charge on any atom is -0.490 e. The molecule has 3 nitrogen and oxygen atoms in total. The molecule has 0 spiro atoms. The molecule has 3 heteroatoms. The smallest absolute Gasteiger partial charge is 0.127 e. The number of benzene rings is 4. The summed E-state index contributed by atoms with van der Waals surface area (Å²) in [5, 5.41) is 16.5. The Morgan fingerprint density at radius 3 is 2.13 bits per heavy atom. The van der Waals surface area contributed by atoms with Crippen LogP contribution in [0.2, 0.25) is 0 Å². The molecule has 5 rings (SSSR count). The third-order valence-corrected chi connectivity index (χ3v) is 6.13. The van der Waals surface area contributed by atoms with E-state index >= 15 is 0 Å². The summed E-state index contributed by atoms with van der Waals surface area (Å²) in [6.07, 6.45) is 1.47. The average molecular weight is 410 g/mol. The highest BCUT2D eigenvalue weighted by molar-refractivity contribution is 5.88. The molecule has 0 saturated carbocycles. The zero-order chi connectivity index (χ0) is 21.0. The normalized spacial score (nSPS) is 14.5. The summed E-state index contributed by atoms with van der Waals surface area (Å²) in [4.78, 5) is 0. The van der Waals surface area contributed by atoms with Crippen LogP contribution in [-0.4, -0.2) is 24.4 Å². The largest absolute Gasteiger partial charge is 0.490 e. The van der Waals surface area contributed by atoms with Crippen LogP contribution in [0.5, 0.6) is 5.75 Å². The molecule has 1 aliphatic carbocycles. The number of nitrogens with one attached hydrogen (secondary N) is 1. The van der Waals surface area contributed by atoms with E-state index in [4.69, 9.17) is 4.74 Å². The number of hydrogen-bond acceptors (Lipinski definition) is 3. The van der Waals surface area contributed by atoms with E-state index in [0.717, 1.165) is 29.4 Å². The van der Waals surface area contributed by atoms with Gasteiger partial charge in [-0.1, -0.05) is 84.9 Å². The van der Waals surface area contributed by atoms with Crippen molar-refractivity contribution in [2.45, 2.75) is 25.0 Å². The summed E-state index contributed by atoms with van der Waals surface area (Å²) in [5.74, 6) is 0.808. The lowest BCUT2D eigenvalue weighted by Gasteiger charge is -2.23. The van der Waals surface area contributed by atoms with E-state index in [-0.39, 0.29) is 12.6 Å². The second-order valence-electron chi connectivity index (χ2n) is 8.18.